The van der Waals surface area contributed by atoms with Gasteiger partial charge < -0.3 is 9.84 Å². The second-order valence-corrected chi connectivity index (χ2v) is 5.07. The summed E-state index contributed by atoms with van der Waals surface area (Å²) in [6.45, 7) is -0.707. The molecule has 1 aliphatic rings. The van der Waals surface area contributed by atoms with Crippen LogP contribution in [0.5, 0.6) is 5.75 Å². The number of imidazole rings is 1. The third kappa shape index (κ3) is 2.77. The zero-order valence-electron chi connectivity index (χ0n) is 12.3. The summed E-state index contributed by atoms with van der Waals surface area (Å²) in [6.07, 6.45) is 0.567. The zero-order valence-corrected chi connectivity index (χ0v) is 12.3. The van der Waals surface area contributed by atoms with Crippen LogP contribution in [-0.4, -0.2) is 33.2 Å². The molecule has 0 fully saturated rings. The van der Waals surface area contributed by atoms with Crippen LogP contribution in [0.3, 0.4) is 0 Å². The summed E-state index contributed by atoms with van der Waals surface area (Å²) in [6, 6.07) is 6.11. The van der Waals surface area contributed by atoms with Gasteiger partial charge in [0.25, 0.3) is 0 Å². The Balaban J connectivity index is 2.09. The maximum absolute atomic E-state index is 12.6. The summed E-state index contributed by atoms with van der Waals surface area (Å²) in [7, 11) is 0. The van der Waals surface area contributed by atoms with Gasteiger partial charge in [0, 0.05) is 19.2 Å². The molecule has 0 radical (unpaired) electrons. The molecule has 2 aromatic rings. The van der Waals surface area contributed by atoms with Crippen molar-refractivity contribution in [1.29, 1.82) is 0 Å². The average molecular weight is 323 g/mol. The van der Waals surface area contributed by atoms with E-state index in [0.717, 1.165) is 0 Å². The molecule has 1 aromatic carbocycles. The van der Waals surface area contributed by atoms with E-state index in [1.807, 2.05) is 0 Å². The minimum atomic E-state index is -2.89. The van der Waals surface area contributed by atoms with Gasteiger partial charge in [0.1, 0.15) is 11.9 Å². The van der Waals surface area contributed by atoms with Crippen LogP contribution < -0.4 is 5.69 Å². The van der Waals surface area contributed by atoms with Gasteiger partial charge in [-0.25, -0.2) is 14.4 Å². The van der Waals surface area contributed by atoms with Gasteiger partial charge in [0.05, 0.1) is 11.4 Å². The Hall–Kier alpha value is -2.48. The smallest absolute Gasteiger partial charge is 0.345 e. The van der Waals surface area contributed by atoms with Gasteiger partial charge in [-0.1, -0.05) is 0 Å². The van der Waals surface area contributed by atoms with Crippen LogP contribution in [0, 0.1) is 0 Å². The summed E-state index contributed by atoms with van der Waals surface area (Å²) in [5.41, 5.74) is 0.790. The first-order valence-corrected chi connectivity index (χ1v) is 7.13. The number of aromatic hydroxyl groups is 1. The number of alkyl halides is 2. The number of hydrogen-bond donors (Lipinski definition) is 1. The van der Waals surface area contributed by atoms with E-state index < -0.39 is 12.7 Å². The highest BCUT2D eigenvalue weighted by Gasteiger charge is 2.27. The molecule has 1 N–H and O–H groups in total. The maximum Gasteiger partial charge on any atom is 0.345 e. The van der Waals surface area contributed by atoms with Gasteiger partial charge in [-0.05, 0) is 31.2 Å². The van der Waals surface area contributed by atoms with E-state index in [2.05, 4.69) is 9.73 Å². The van der Waals surface area contributed by atoms with E-state index in [-0.39, 0.29) is 17.9 Å². The molecular formula is C15H15F2N3O3. The predicted octanol–water partition coefficient (Wildman–Crippen LogP) is 2.23. The minimum absolute atomic E-state index is 0.0829. The number of fused-ring (bicyclic) bond motifs is 1. The molecule has 0 amide bonds. The standard InChI is InChI=1S/C15H15F2N3O3/c1-2-19-12-7-11(23-14(16)17)8-18-13(12)20(15(19)22)9-3-5-10(21)6-4-9/h3-6,8,11,14,21H,2,7H2,1H3. The summed E-state index contributed by atoms with van der Waals surface area (Å²) in [5, 5.41) is 9.37. The van der Waals surface area contributed by atoms with E-state index in [9.17, 15) is 18.7 Å². The van der Waals surface area contributed by atoms with Gasteiger partial charge >= 0.3 is 12.3 Å². The first-order valence-electron chi connectivity index (χ1n) is 7.13. The molecule has 2 heterocycles. The average Bonchev–Trinajstić information content (AvgIpc) is 2.78. The molecule has 23 heavy (non-hydrogen) atoms. The predicted molar refractivity (Wildman–Crippen MR) is 80.1 cm³/mol. The van der Waals surface area contributed by atoms with Crippen molar-refractivity contribution in [3.63, 3.8) is 0 Å². The Bertz CT molecular complexity index is 794. The normalized spacial score (nSPS) is 16.8. The fraction of sp³-hybridized carbons (Fsp3) is 0.333. The lowest BCUT2D eigenvalue weighted by Gasteiger charge is -2.18. The highest BCUT2D eigenvalue weighted by molar-refractivity contribution is 5.72. The van der Waals surface area contributed by atoms with Gasteiger partial charge in [-0.15, -0.1) is 0 Å². The monoisotopic (exact) mass is 323 g/mol. The van der Waals surface area contributed by atoms with E-state index in [4.69, 9.17) is 0 Å². The third-order valence-corrected chi connectivity index (χ3v) is 3.68. The van der Waals surface area contributed by atoms with Crippen molar-refractivity contribution in [1.82, 2.24) is 9.13 Å². The van der Waals surface area contributed by atoms with Gasteiger partial charge in [-0.3, -0.25) is 4.57 Å². The van der Waals surface area contributed by atoms with E-state index in [1.54, 1.807) is 19.1 Å². The van der Waals surface area contributed by atoms with Gasteiger partial charge in [-0.2, -0.15) is 8.78 Å². The van der Waals surface area contributed by atoms with Crippen LogP contribution in [0.4, 0.5) is 14.6 Å². The van der Waals surface area contributed by atoms with Crippen molar-refractivity contribution in [3.05, 3.63) is 40.4 Å². The Morgan fingerprint density at radius 2 is 2.09 bits per heavy atom. The van der Waals surface area contributed by atoms with E-state index >= 15 is 0 Å². The number of phenols is 1. The molecule has 122 valence electrons. The highest BCUT2D eigenvalue weighted by Crippen LogP contribution is 2.28. The molecule has 1 unspecified atom stereocenters. The van der Waals surface area contributed by atoms with Gasteiger partial charge in [0.2, 0.25) is 0 Å². The van der Waals surface area contributed by atoms with Crippen LogP contribution in [0.15, 0.2) is 34.1 Å². The van der Waals surface area contributed by atoms with Crippen molar-refractivity contribution >= 4 is 12.0 Å². The lowest BCUT2D eigenvalue weighted by molar-refractivity contribution is -0.143. The van der Waals surface area contributed by atoms with Crippen LogP contribution in [0.25, 0.3) is 5.69 Å². The van der Waals surface area contributed by atoms with Crippen LogP contribution in [0.2, 0.25) is 0 Å². The summed E-state index contributed by atoms with van der Waals surface area (Å²) in [4.78, 5) is 16.8. The Morgan fingerprint density at radius 3 is 2.70 bits per heavy atom. The number of nitrogens with zero attached hydrogens (tertiary/aromatic N) is 3. The number of aliphatic imine (C=N–C) groups is 1. The fourth-order valence-electron chi connectivity index (χ4n) is 2.68. The van der Waals surface area contributed by atoms with Crippen molar-refractivity contribution < 1.29 is 18.6 Å². The minimum Gasteiger partial charge on any atom is -0.508 e. The third-order valence-electron chi connectivity index (χ3n) is 3.68. The number of halogens is 2. The molecule has 0 bridgehead atoms. The lowest BCUT2D eigenvalue weighted by atomic mass is 10.1. The number of aromatic nitrogens is 2. The molecule has 6 nitrogen and oxygen atoms in total. The SMILES string of the molecule is CCn1c2c(n(-c3ccc(O)cc3)c1=O)N=CC(OC(F)F)C2. The molecule has 1 aliphatic heterocycles. The Morgan fingerprint density at radius 1 is 1.39 bits per heavy atom. The van der Waals surface area contributed by atoms with Crippen LogP contribution in [0.1, 0.15) is 12.6 Å². The first kappa shape index (κ1) is 15.4. The number of hydrogen-bond acceptors (Lipinski definition) is 4. The molecular weight excluding hydrogens is 308 g/mol. The summed E-state index contributed by atoms with van der Waals surface area (Å²) >= 11 is 0. The number of phenolic OH excluding ortho intramolecular Hbond substituents is 1. The fourth-order valence-corrected chi connectivity index (χ4v) is 2.68. The number of rotatable bonds is 4. The molecule has 1 atom stereocenters. The van der Waals surface area contributed by atoms with Gasteiger partial charge in [0.15, 0.2) is 5.82 Å². The highest BCUT2D eigenvalue weighted by atomic mass is 19.3. The second-order valence-electron chi connectivity index (χ2n) is 5.07. The topological polar surface area (TPSA) is 68.8 Å². The summed E-state index contributed by atoms with van der Waals surface area (Å²) < 4.78 is 32.1. The molecule has 1 aromatic heterocycles. The molecule has 8 heteroatoms. The second kappa shape index (κ2) is 5.96. The van der Waals surface area contributed by atoms with Crippen molar-refractivity contribution in [2.75, 3.05) is 0 Å². The number of ether oxygens (including phenoxy) is 1. The van der Waals surface area contributed by atoms with Crippen LogP contribution >= 0.6 is 0 Å². The zero-order chi connectivity index (χ0) is 16.6. The Labute approximate surface area is 130 Å². The summed E-state index contributed by atoms with van der Waals surface area (Å²) in [5.74, 6) is 0.483. The van der Waals surface area contributed by atoms with E-state index in [0.29, 0.717) is 23.7 Å². The largest absolute Gasteiger partial charge is 0.508 e. The Kier molecular flexibility index (Phi) is 3.99. The molecule has 0 saturated heterocycles. The first-order chi connectivity index (χ1) is 11.0. The van der Waals surface area contributed by atoms with Crippen molar-refractivity contribution in [2.24, 2.45) is 4.99 Å². The molecule has 0 spiro atoms. The van der Waals surface area contributed by atoms with E-state index in [1.165, 1.54) is 27.5 Å². The quantitative estimate of drug-likeness (QED) is 0.938. The molecule has 3 rings (SSSR count). The van der Waals surface area contributed by atoms with Crippen molar-refractivity contribution in [3.8, 4) is 11.4 Å². The number of benzene rings is 1. The lowest BCUT2D eigenvalue weighted by Crippen LogP contribution is -2.26. The van der Waals surface area contributed by atoms with Crippen LogP contribution in [-0.2, 0) is 17.7 Å². The molecule has 0 saturated carbocycles. The molecule has 0 aliphatic carbocycles. The maximum atomic E-state index is 12.6. The van der Waals surface area contributed by atoms with Crippen molar-refractivity contribution in [2.45, 2.75) is 32.6 Å².